The number of hydrogen-bond donors (Lipinski definition) is 2. The first-order valence-electron chi connectivity index (χ1n) is 6.60. The molecule has 0 saturated carbocycles. The molecule has 0 aromatic heterocycles. The number of carbonyl (C=O) groups excluding carboxylic acids is 1. The highest BCUT2D eigenvalue weighted by Gasteiger charge is 2.08. The Hall–Kier alpha value is -2.40. The maximum atomic E-state index is 13.4. The number of para-hydroxylation sites is 2. The van der Waals surface area contributed by atoms with E-state index in [0.717, 1.165) is 5.56 Å². The van der Waals surface area contributed by atoms with Crippen molar-refractivity contribution in [2.45, 2.75) is 6.54 Å². The molecule has 0 bridgehead atoms. The molecule has 0 spiro atoms. The molecule has 0 unspecified atom stereocenters. The predicted molar refractivity (Wildman–Crippen MR) is 79.7 cm³/mol. The number of ether oxygens (including phenoxy) is 1. The molecular weight excluding hydrogens is 271 g/mol. The zero-order valence-corrected chi connectivity index (χ0v) is 11.7. The van der Waals surface area contributed by atoms with Crippen molar-refractivity contribution in [1.82, 2.24) is 5.32 Å². The van der Waals surface area contributed by atoms with Gasteiger partial charge < -0.3 is 15.4 Å². The lowest BCUT2D eigenvalue weighted by molar-refractivity contribution is -0.118. The molecule has 0 aliphatic carbocycles. The van der Waals surface area contributed by atoms with Crippen molar-refractivity contribution in [2.75, 3.05) is 19.0 Å². The number of carbonyl (C=O) groups is 1. The van der Waals surface area contributed by atoms with Crippen LogP contribution in [0.25, 0.3) is 0 Å². The summed E-state index contributed by atoms with van der Waals surface area (Å²) in [6.45, 7) is 0.472. The van der Waals surface area contributed by atoms with Crippen LogP contribution in [-0.4, -0.2) is 19.6 Å². The number of benzene rings is 2. The minimum absolute atomic E-state index is 0.148. The van der Waals surface area contributed by atoms with Crippen LogP contribution < -0.4 is 15.4 Å². The average Bonchev–Trinajstić information content (AvgIpc) is 2.49. The molecule has 4 nitrogen and oxygen atoms in total. The Morgan fingerprint density at radius 2 is 1.86 bits per heavy atom. The summed E-state index contributed by atoms with van der Waals surface area (Å²) in [7, 11) is 1.83. The van der Waals surface area contributed by atoms with E-state index >= 15 is 0 Å². The van der Waals surface area contributed by atoms with E-state index in [1.807, 2.05) is 25.2 Å². The van der Waals surface area contributed by atoms with Gasteiger partial charge in [0.15, 0.2) is 6.61 Å². The molecule has 0 radical (unpaired) electrons. The van der Waals surface area contributed by atoms with Crippen LogP contribution in [0.2, 0.25) is 0 Å². The highest BCUT2D eigenvalue weighted by Crippen LogP contribution is 2.18. The molecule has 0 aliphatic heterocycles. The molecule has 110 valence electrons. The maximum absolute atomic E-state index is 13.4. The van der Waals surface area contributed by atoms with Crippen molar-refractivity contribution in [3.63, 3.8) is 0 Å². The third kappa shape index (κ3) is 4.29. The number of anilines is 1. The van der Waals surface area contributed by atoms with Gasteiger partial charge in [-0.05, 0) is 25.2 Å². The largest absolute Gasteiger partial charge is 0.483 e. The first-order valence-corrected chi connectivity index (χ1v) is 6.60. The fourth-order valence-corrected chi connectivity index (χ4v) is 1.87. The van der Waals surface area contributed by atoms with Gasteiger partial charge in [0.25, 0.3) is 5.91 Å². The first-order chi connectivity index (χ1) is 10.2. The van der Waals surface area contributed by atoms with Crippen molar-refractivity contribution >= 4 is 11.6 Å². The van der Waals surface area contributed by atoms with Crippen molar-refractivity contribution in [2.24, 2.45) is 0 Å². The number of hydrogen-bond acceptors (Lipinski definition) is 3. The smallest absolute Gasteiger partial charge is 0.262 e. The molecule has 2 aromatic rings. The summed E-state index contributed by atoms with van der Waals surface area (Å²) in [5.74, 6) is -0.240. The van der Waals surface area contributed by atoms with Gasteiger partial charge >= 0.3 is 0 Å². The highest BCUT2D eigenvalue weighted by atomic mass is 19.1. The van der Waals surface area contributed by atoms with Gasteiger partial charge in [0.1, 0.15) is 11.6 Å². The van der Waals surface area contributed by atoms with E-state index in [2.05, 4.69) is 10.6 Å². The third-order valence-electron chi connectivity index (χ3n) is 2.85. The Morgan fingerprint density at radius 1 is 1.14 bits per heavy atom. The lowest BCUT2D eigenvalue weighted by atomic mass is 10.2. The first kappa shape index (κ1) is 15.0. The van der Waals surface area contributed by atoms with Crippen LogP contribution in [0.15, 0.2) is 48.5 Å². The zero-order valence-electron chi connectivity index (χ0n) is 11.7. The van der Waals surface area contributed by atoms with Crippen LogP contribution in [0.5, 0.6) is 5.75 Å². The Labute approximate surface area is 122 Å². The van der Waals surface area contributed by atoms with Crippen LogP contribution >= 0.6 is 0 Å². The highest BCUT2D eigenvalue weighted by molar-refractivity contribution is 5.91. The van der Waals surface area contributed by atoms with E-state index in [9.17, 15) is 9.18 Å². The zero-order chi connectivity index (χ0) is 15.1. The van der Waals surface area contributed by atoms with E-state index < -0.39 is 11.7 Å². The normalized spacial score (nSPS) is 10.2. The van der Waals surface area contributed by atoms with E-state index in [1.165, 1.54) is 12.1 Å². The molecular formula is C16H17FN2O2. The van der Waals surface area contributed by atoms with Crippen LogP contribution in [0.1, 0.15) is 5.56 Å². The van der Waals surface area contributed by atoms with Crippen LogP contribution in [-0.2, 0) is 11.3 Å². The lowest BCUT2D eigenvalue weighted by Crippen LogP contribution is -2.21. The molecule has 21 heavy (non-hydrogen) atoms. The van der Waals surface area contributed by atoms with Crippen molar-refractivity contribution in [3.8, 4) is 5.75 Å². The minimum atomic E-state index is -0.471. The summed E-state index contributed by atoms with van der Waals surface area (Å²) in [5, 5.41) is 5.51. The standard InChI is InChI=1S/C16H17FN2O2/c1-18-10-12-6-2-5-9-15(12)21-11-16(20)19-14-8-4-3-7-13(14)17/h2-9,18H,10-11H2,1H3,(H,19,20). The van der Waals surface area contributed by atoms with Crippen LogP contribution in [0.4, 0.5) is 10.1 Å². The van der Waals surface area contributed by atoms with E-state index in [-0.39, 0.29) is 12.3 Å². The second-order valence-corrected chi connectivity index (χ2v) is 4.45. The summed E-state index contributed by atoms with van der Waals surface area (Å²) in [6, 6.07) is 13.5. The summed E-state index contributed by atoms with van der Waals surface area (Å²) in [6.07, 6.45) is 0. The topological polar surface area (TPSA) is 50.4 Å². The Balaban J connectivity index is 1.94. The van der Waals surface area contributed by atoms with E-state index in [0.29, 0.717) is 12.3 Å². The molecule has 5 heteroatoms. The molecule has 2 N–H and O–H groups in total. The Bertz CT molecular complexity index is 617. The van der Waals surface area contributed by atoms with Crippen molar-refractivity contribution in [3.05, 3.63) is 59.9 Å². The van der Waals surface area contributed by atoms with Gasteiger partial charge in [-0.1, -0.05) is 30.3 Å². The quantitative estimate of drug-likeness (QED) is 0.859. The number of nitrogens with one attached hydrogen (secondary N) is 2. The predicted octanol–water partition coefficient (Wildman–Crippen LogP) is 2.56. The minimum Gasteiger partial charge on any atom is -0.483 e. The van der Waals surface area contributed by atoms with Gasteiger partial charge in [-0.25, -0.2) is 4.39 Å². The Kier molecular flexibility index (Phi) is 5.29. The van der Waals surface area contributed by atoms with Crippen LogP contribution in [0.3, 0.4) is 0 Å². The second-order valence-electron chi connectivity index (χ2n) is 4.45. The molecule has 1 amide bonds. The molecule has 0 fully saturated rings. The van der Waals surface area contributed by atoms with E-state index in [4.69, 9.17) is 4.74 Å². The van der Waals surface area contributed by atoms with Gasteiger partial charge in [-0.2, -0.15) is 0 Å². The summed E-state index contributed by atoms with van der Waals surface area (Å²) >= 11 is 0. The third-order valence-corrected chi connectivity index (χ3v) is 2.85. The van der Waals surface area contributed by atoms with Gasteiger partial charge in [-0.3, -0.25) is 4.79 Å². The number of halogens is 1. The van der Waals surface area contributed by atoms with Gasteiger partial charge in [0, 0.05) is 12.1 Å². The van der Waals surface area contributed by atoms with Gasteiger partial charge in [-0.15, -0.1) is 0 Å². The average molecular weight is 288 g/mol. The van der Waals surface area contributed by atoms with Gasteiger partial charge in [0.05, 0.1) is 5.69 Å². The SMILES string of the molecule is CNCc1ccccc1OCC(=O)Nc1ccccc1F. The maximum Gasteiger partial charge on any atom is 0.262 e. The summed E-state index contributed by atoms with van der Waals surface area (Å²) in [4.78, 5) is 11.8. The van der Waals surface area contributed by atoms with E-state index in [1.54, 1.807) is 18.2 Å². The molecule has 0 saturated heterocycles. The molecule has 0 heterocycles. The van der Waals surface area contributed by atoms with Crippen LogP contribution in [0, 0.1) is 5.82 Å². The Morgan fingerprint density at radius 3 is 2.62 bits per heavy atom. The van der Waals surface area contributed by atoms with Crippen molar-refractivity contribution in [1.29, 1.82) is 0 Å². The summed E-state index contributed by atoms with van der Waals surface area (Å²) in [5.41, 5.74) is 1.10. The molecule has 2 rings (SSSR count). The van der Waals surface area contributed by atoms with Crippen molar-refractivity contribution < 1.29 is 13.9 Å². The number of rotatable bonds is 6. The summed E-state index contributed by atoms with van der Waals surface area (Å²) < 4.78 is 18.9. The lowest BCUT2D eigenvalue weighted by Gasteiger charge is -2.11. The number of amides is 1. The monoisotopic (exact) mass is 288 g/mol. The fraction of sp³-hybridized carbons (Fsp3) is 0.188. The molecule has 0 aliphatic rings. The second kappa shape index (κ2) is 7.40. The molecule has 2 aromatic carbocycles. The molecule has 0 atom stereocenters. The fourth-order valence-electron chi connectivity index (χ4n) is 1.87. The van der Waals surface area contributed by atoms with Gasteiger partial charge in [0.2, 0.25) is 0 Å².